The van der Waals surface area contributed by atoms with E-state index in [2.05, 4.69) is 16.0 Å². The molecule has 3 N–H and O–H groups in total. The predicted molar refractivity (Wildman–Crippen MR) is 66.5 cm³/mol. The van der Waals surface area contributed by atoms with Crippen molar-refractivity contribution >= 4 is 11.8 Å². The summed E-state index contributed by atoms with van der Waals surface area (Å²) in [7, 11) is 0. The van der Waals surface area contributed by atoms with Gasteiger partial charge in [0.25, 0.3) is 0 Å². The van der Waals surface area contributed by atoms with Crippen LogP contribution in [-0.2, 0) is 9.59 Å². The van der Waals surface area contributed by atoms with Crippen molar-refractivity contribution in [3.8, 4) is 0 Å². The van der Waals surface area contributed by atoms with Crippen molar-refractivity contribution in [3.63, 3.8) is 0 Å². The van der Waals surface area contributed by atoms with Crippen LogP contribution in [0.25, 0.3) is 0 Å². The second-order valence-electron chi connectivity index (χ2n) is 5.52. The highest BCUT2D eigenvalue weighted by atomic mass is 16.2. The normalized spacial score (nSPS) is 20.8. The third kappa shape index (κ3) is 5.68. The lowest BCUT2D eigenvalue weighted by atomic mass is 10.0. The van der Waals surface area contributed by atoms with E-state index in [0.717, 1.165) is 25.8 Å². The molecule has 5 nitrogen and oxygen atoms in total. The maximum Gasteiger partial charge on any atom is 0.239 e. The molecular weight excluding hydrogens is 218 g/mol. The van der Waals surface area contributed by atoms with Crippen LogP contribution in [0.4, 0.5) is 0 Å². The first-order valence-corrected chi connectivity index (χ1v) is 6.20. The minimum atomic E-state index is -0.259. The quantitative estimate of drug-likeness (QED) is 0.659. The molecule has 0 aliphatic carbocycles. The average Bonchev–Trinajstić information content (AvgIpc) is 2.25. The molecule has 0 aromatic carbocycles. The van der Waals surface area contributed by atoms with E-state index in [9.17, 15) is 9.59 Å². The van der Waals surface area contributed by atoms with E-state index < -0.39 is 0 Å². The third-order valence-electron chi connectivity index (χ3n) is 2.56. The first-order chi connectivity index (χ1) is 7.88. The van der Waals surface area contributed by atoms with Crippen molar-refractivity contribution in [2.24, 2.45) is 0 Å². The first-order valence-electron chi connectivity index (χ1n) is 6.20. The molecule has 98 valence electrons. The molecule has 0 radical (unpaired) electrons. The highest BCUT2D eigenvalue weighted by Gasteiger charge is 2.21. The van der Waals surface area contributed by atoms with E-state index in [-0.39, 0.29) is 29.9 Å². The first kappa shape index (κ1) is 14.0. The molecule has 1 aliphatic heterocycles. The molecule has 1 aliphatic rings. The summed E-state index contributed by atoms with van der Waals surface area (Å²) in [5, 5.41) is 8.61. The smallest absolute Gasteiger partial charge is 0.239 e. The Labute approximate surface area is 103 Å². The van der Waals surface area contributed by atoms with Gasteiger partial charge in [-0.3, -0.25) is 9.59 Å². The molecule has 0 unspecified atom stereocenters. The Morgan fingerprint density at radius 1 is 1.29 bits per heavy atom. The van der Waals surface area contributed by atoms with Crippen LogP contribution >= 0.6 is 0 Å². The van der Waals surface area contributed by atoms with Gasteiger partial charge in [-0.1, -0.05) is 6.42 Å². The summed E-state index contributed by atoms with van der Waals surface area (Å²) in [6, 6.07) is -0.133. The lowest BCUT2D eigenvalue weighted by molar-refractivity contribution is -0.128. The average molecular weight is 241 g/mol. The minimum Gasteiger partial charge on any atom is -0.350 e. The zero-order valence-electron chi connectivity index (χ0n) is 10.9. The lowest BCUT2D eigenvalue weighted by Crippen LogP contribution is -2.51. The fraction of sp³-hybridized carbons (Fsp3) is 0.833. The van der Waals surface area contributed by atoms with Crippen LogP contribution in [0.3, 0.4) is 0 Å². The summed E-state index contributed by atoms with van der Waals surface area (Å²) >= 11 is 0. The van der Waals surface area contributed by atoms with E-state index in [1.165, 1.54) is 0 Å². The number of amides is 2. The van der Waals surface area contributed by atoms with Crippen LogP contribution in [0.1, 0.15) is 40.0 Å². The van der Waals surface area contributed by atoms with Gasteiger partial charge in [0, 0.05) is 5.54 Å². The molecule has 5 heteroatoms. The maximum atomic E-state index is 11.7. The van der Waals surface area contributed by atoms with E-state index in [0.29, 0.717) is 0 Å². The van der Waals surface area contributed by atoms with Crippen molar-refractivity contribution in [3.05, 3.63) is 0 Å². The Morgan fingerprint density at radius 3 is 2.53 bits per heavy atom. The van der Waals surface area contributed by atoms with E-state index in [1.54, 1.807) is 0 Å². The molecule has 1 atom stereocenters. The van der Waals surface area contributed by atoms with Gasteiger partial charge in [0.05, 0.1) is 12.6 Å². The Morgan fingerprint density at radius 2 is 2.00 bits per heavy atom. The molecule has 0 spiro atoms. The Kier molecular flexibility index (Phi) is 4.93. The molecule has 0 saturated carbocycles. The third-order valence-corrected chi connectivity index (χ3v) is 2.56. The van der Waals surface area contributed by atoms with Crippen LogP contribution < -0.4 is 16.0 Å². The molecular formula is C12H23N3O2. The number of hydrogen-bond donors (Lipinski definition) is 3. The summed E-state index contributed by atoms with van der Waals surface area (Å²) in [6.45, 7) is 6.67. The van der Waals surface area contributed by atoms with E-state index in [1.807, 2.05) is 20.8 Å². The fourth-order valence-corrected chi connectivity index (χ4v) is 1.83. The van der Waals surface area contributed by atoms with Gasteiger partial charge in [-0.15, -0.1) is 0 Å². The predicted octanol–water partition coefficient (Wildman–Crippen LogP) is 0.159. The summed E-state index contributed by atoms with van der Waals surface area (Å²) in [5.74, 6) is -0.226. The maximum absolute atomic E-state index is 11.7. The van der Waals surface area contributed by atoms with Crippen molar-refractivity contribution in [1.82, 2.24) is 16.0 Å². The Hall–Kier alpha value is -1.10. The zero-order valence-corrected chi connectivity index (χ0v) is 10.9. The minimum absolute atomic E-state index is 0.0499. The fourth-order valence-electron chi connectivity index (χ4n) is 1.83. The molecule has 2 amide bonds. The second-order valence-corrected chi connectivity index (χ2v) is 5.52. The monoisotopic (exact) mass is 241 g/mol. The molecule has 0 aromatic rings. The van der Waals surface area contributed by atoms with E-state index >= 15 is 0 Å². The van der Waals surface area contributed by atoms with Gasteiger partial charge in [0.1, 0.15) is 0 Å². The molecule has 1 fully saturated rings. The molecule has 1 heterocycles. The number of carbonyl (C=O) groups is 2. The van der Waals surface area contributed by atoms with Gasteiger partial charge < -0.3 is 16.0 Å². The largest absolute Gasteiger partial charge is 0.350 e. The highest BCUT2D eigenvalue weighted by molar-refractivity contribution is 5.87. The number of nitrogens with one attached hydrogen (secondary N) is 3. The number of piperidine rings is 1. The molecule has 1 saturated heterocycles. The number of hydrogen-bond acceptors (Lipinski definition) is 3. The molecule has 0 bridgehead atoms. The molecule has 0 aromatic heterocycles. The van der Waals surface area contributed by atoms with E-state index in [4.69, 9.17) is 0 Å². The SMILES string of the molecule is CC(C)(C)NC(=O)CNC(=O)[C@H]1CCCCN1. The van der Waals surface area contributed by atoms with Crippen LogP contribution in [-0.4, -0.2) is 36.5 Å². The summed E-state index contributed by atoms with van der Waals surface area (Å²) in [4.78, 5) is 23.2. The topological polar surface area (TPSA) is 70.2 Å². The van der Waals surface area contributed by atoms with Gasteiger partial charge in [0.15, 0.2) is 0 Å². The number of rotatable bonds is 3. The van der Waals surface area contributed by atoms with Crippen molar-refractivity contribution in [2.45, 2.75) is 51.6 Å². The molecule has 1 rings (SSSR count). The van der Waals surface area contributed by atoms with Crippen LogP contribution in [0, 0.1) is 0 Å². The summed E-state index contributed by atoms with van der Waals surface area (Å²) in [5.41, 5.74) is -0.259. The summed E-state index contributed by atoms with van der Waals surface area (Å²) < 4.78 is 0. The lowest BCUT2D eigenvalue weighted by Gasteiger charge is -2.23. The van der Waals surface area contributed by atoms with Gasteiger partial charge in [-0.25, -0.2) is 0 Å². The van der Waals surface area contributed by atoms with Crippen molar-refractivity contribution in [2.75, 3.05) is 13.1 Å². The Bertz CT molecular complexity index is 278. The summed E-state index contributed by atoms with van der Waals surface area (Å²) in [6.07, 6.45) is 3.04. The second kappa shape index (κ2) is 6.00. The van der Waals surface area contributed by atoms with Crippen molar-refractivity contribution in [1.29, 1.82) is 0 Å². The van der Waals surface area contributed by atoms with Crippen LogP contribution in [0.5, 0.6) is 0 Å². The van der Waals surface area contributed by atoms with Crippen LogP contribution in [0.15, 0.2) is 0 Å². The van der Waals surface area contributed by atoms with Gasteiger partial charge in [-0.05, 0) is 40.2 Å². The Balaban J connectivity index is 2.25. The van der Waals surface area contributed by atoms with Gasteiger partial charge in [-0.2, -0.15) is 0 Å². The van der Waals surface area contributed by atoms with Crippen LogP contribution in [0.2, 0.25) is 0 Å². The highest BCUT2D eigenvalue weighted by Crippen LogP contribution is 2.06. The zero-order chi connectivity index (χ0) is 12.9. The standard InChI is InChI=1S/C12H23N3O2/c1-12(2,3)15-10(16)8-14-11(17)9-6-4-5-7-13-9/h9,13H,4-8H2,1-3H3,(H,14,17)(H,15,16)/t9-/m1/s1. The van der Waals surface area contributed by atoms with Gasteiger partial charge in [0.2, 0.25) is 11.8 Å². The van der Waals surface area contributed by atoms with Gasteiger partial charge >= 0.3 is 0 Å². The van der Waals surface area contributed by atoms with Crippen molar-refractivity contribution < 1.29 is 9.59 Å². The molecule has 17 heavy (non-hydrogen) atoms. The number of carbonyl (C=O) groups excluding carboxylic acids is 2.